The van der Waals surface area contributed by atoms with Crippen molar-refractivity contribution in [3.63, 3.8) is 0 Å². The van der Waals surface area contributed by atoms with Gasteiger partial charge in [0.2, 0.25) is 6.23 Å². The van der Waals surface area contributed by atoms with Crippen molar-refractivity contribution >= 4 is 16.9 Å². The molecule has 0 radical (unpaired) electrons. The van der Waals surface area contributed by atoms with Gasteiger partial charge in [-0.15, -0.1) is 0 Å². The van der Waals surface area contributed by atoms with Crippen LogP contribution < -0.4 is 4.74 Å². The Morgan fingerprint density at radius 3 is 3.00 bits per heavy atom. The molecule has 3 heterocycles. The number of aryl methyl sites for hydroxylation is 1. The Hall–Kier alpha value is -2.95. The SMILES string of the molecule is Cc1cccc2c1OC1c3oc4ccc(O)cc4c3CCN1C2=O. The second kappa shape index (κ2) is 4.54. The maximum Gasteiger partial charge on any atom is 0.260 e. The number of phenolic OH excluding ortho intramolecular Hbond substituents is 1. The lowest BCUT2D eigenvalue weighted by molar-refractivity contribution is -0.00708. The molecule has 5 heteroatoms. The predicted molar refractivity (Wildman–Crippen MR) is 87.2 cm³/mol. The molecule has 0 bridgehead atoms. The molecule has 2 aromatic carbocycles. The summed E-state index contributed by atoms with van der Waals surface area (Å²) in [6.45, 7) is 2.50. The van der Waals surface area contributed by atoms with Crippen LogP contribution in [-0.2, 0) is 6.42 Å². The Balaban J connectivity index is 1.71. The number of carbonyl (C=O) groups is 1. The zero-order chi connectivity index (χ0) is 16.4. The highest BCUT2D eigenvalue weighted by atomic mass is 16.5. The molecule has 0 saturated heterocycles. The average Bonchev–Trinajstić information content (AvgIpc) is 2.94. The van der Waals surface area contributed by atoms with Crippen molar-refractivity contribution in [2.75, 3.05) is 6.54 Å². The molecule has 5 rings (SSSR count). The summed E-state index contributed by atoms with van der Waals surface area (Å²) in [6.07, 6.45) is 0.128. The summed E-state index contributed by atoms with van der Waals surface area (Å²) in [6, 6.07) is 10.7. The Bertz CT molecular complexity index is 1000. The summed E-state index contributed by atoms with van der Waals surface area (Å²) >= 11 is 0. The molecule has 0 fully saturated rings. The van der Waals surface area contributed by atoms with Gasteiger partial charge in [0.05, 0.1) is 5.56 Å². The first-order valence-corrected chi connectivity index (χ1v) is 7.95. The predicted octanol–water partition coefficient (Wildman–Crippen LogP) is 3.54. The number of nitrogens with zero attached hydrogens (tertiary/aromatic N) is 1. The van der Waals surface area contributed by atoms with Crippen LogP contribution in [0.2, 0.25) is 0 Å². The van der Waals surface area contributed by atoms with E-state index in [4.69, 9.17) is 9.15 Å². The number of para-hydroxylation sites is 1. The minimum Gasteiger partial charge on any atom is -0.508 e. The van der Waals surface area contributed by atoms with Crippen molar-refractivity contribution in [2.24, 2.45) is 0 Å². The van der Waals surface area contributed by atoms with E-state index in [1.807, 2.05) is 19.1 Å². The molecule has 1 amide bonds. The maximum atomic E-state index is 12.8. The van der Waals surface area contributed by atoms with Gasteiger partial charge in [-0.1, -0.05) is 12.1 Å². The van der Waals surface area contributed by atoms with Crippen LogP contribution in [0.3, 0.4) is 0 Å². The zero-order valence-electron chi connectivity index (χ0n) is 13.1. The van der Waals surface area contributed by atoms with Gasteiger partial charge in [-0.3, -0.25) is 9.69 Å². The minimum atomic E-state index is -0.551. The van der Waals surface area contributed by atoms with Crippen LogP contribution in [0.1, 0.15) is 33.5 Å². The molecule has 0 spiro atoms. The van der Waals surface area contributed by atoms with E-state index < -0.39 is 6.23 Å². The molecule has 5 nitrogen and oxygen atoms in total. The molecule has 3 aromatic rings. The van der Waals surface area contributed by atoms with Crippen molar-refractivity contribution in [1.82, 2.24) is 4.90 Å². The van der Waals surface area contributed by atoms with Crippen LogP contribution in [-0.4, -0.2) is 22.5 Å². The number of furan rings is 1. The van der Waals surface area contributed by atoms with Gasteiger partial charge in [0.25, 0.3) is 5.91 Å². The minimum absolute atomic E-state index is 0.0288. The number of aromatic hydroxyl groups is 1. The van der Waals surface area contributed by atoms with E-state index in [1.54, 1.807) is 29.2 Å². The normalized spacial score (nSPS) is 18.8. The number of fused-ring (bicyclic) bond motifs is 6. The molecule has 0 aliphatic carbocycles. The van der Waals surface area contributed by atoms with E-state index >= 15 is 0 Å². The first-order valence-electron chi connectivity index (χ1n) is 7.95. The van der Waals surface area contributed by atoms with Gasteiger partial charge in [-0.25, -0.2) is 0 Å². The molecule has 1 atom stereocenters. The highest BCUT2D eigenvalue weighted by Crippen LogP contribution is 2.43. The molecule has 24 heavy (non-hydrogen) atoms. The van der Waals surface area contributed by atoms with Crippen LogP contribution >= 0.6 is 0 Å². The fourth-order valence-electron chi connectivity index (χ4n) is 3.67. The lowest BCUT2D eigenvalue weighted by Gasteiger charge is -2.39. The average molecular weight is 321 g/mol. The summed E-state index contributed by atoms with van der Waals surface area (Å²) in [5, 5.41) is 10.6. The number of hydrogen-bond donors (Lipinski definition) is 1. The maximum absolute atomic E-state index is 12.8. The van der Waals surface area contributed by atoms with Gasteiger partial charge in [0.15, 0.2) is 5.76 Å². The summed E-state index contributed by atoms with van der Waals surface area (Å²) < 4.78 is 12.2. The molecule has 1 aromatic heterocycles. The highest BCUT2D eigenvalue weighted by Gasteiger charge is 2.41. The van der Waals surface area contributed by atoms with Crippen molar-refractivity contribution in [3.8, 4) is 11.5 Å². The highest BCUT2D eigenvalue weighted by molar-refractivity contribution is 5.99. The van der Waals surface area contributed by atoms with Crippen LogP contribution in [0, 0.1) is 6.92 Å². The van der Waals surface area contributed by atoms with Gasteiger partial charge >= 0.3 is 0 Å². The van der Waals surface area contributed by atoms with Gasteiger partial charge in [0.1, 0.15) is 17.1 Å². The standard InChI is InChI=1S/C19H15NO4/c1-10-3-2-4-13-16(10)24-19-17-12(7-8-20(19)18(13)22)14-9-11(21)5-6-15(14)23-17/h2-6,9,19,21H,7-8H2,1H3. The first kappa shape index (κ1) is 13.5. The van der Waals surface area contributed by atoms with E-state index in [2.05, 4.69) is 0 Å². The third-order valence-corrected chi connectivity index (χ3v) is 4.85. The van der Waals surface area contributed by atoms with Crippen molar-refractivity contribution < 1.29 is 19.1 Å². The third-order valence-electron chi connectivity index (χ3n) is 4.85. The first-order chi connectivity index (χ1) is 11.6. The second-order valence-electron chi connectivity index (χ2n) is 6.30. The van der Waals surface area contributed by atoms with E-state index in [1.165, 1.54) is 0 Å². The molecule has 0 saturated carbocycles. The molecular weight excluding hydrogens is 306 g/mol. The van der Waals surface area contributed by atoms with E-state index in [-0.39, 0.29) is 11.7 Å². The number of amides is 1. The van der Waals surface area contributed by atoms with Crippen LogP contribution in [0.4, 0.5) is 0 Å². The molecule has 2 aliphatic heterocycles. The third kappa shape index (κ3) is 1.67. The van der Waals surface area contributed by atoms with E-state index in [9.17, 15) is 9.90 Å². The Labute approximate surface area is 138 Å². The fraction of sp³-hybridized carbons (Fsp3) is 0.211. The van der Waals surface area contributed by atoms with E-state index in [0.717, 1.165) is 16.5 Å². The molecule has 120 valence electrons. The number of rotatable bonds is 0. The van der Waals surface area contributed by atoms with Gasteiger partial charge in [-0.2, -0.15) is 0 Å². The van der Waals surface area contributed by atoms with Crippen LogP contribution in [0.25, 0.3) is 11.0 Å². The summed E-state index contributed by atoms with van der Waals surface area (Å²) in [5.41, 5.74) is 3.24. The lowest BCUT2D eigenvalue weighted by Crippen LogP contribution is -2.45. The summed E-state index contributed by atoms with van der Waals surface area (Å²) in [5.74, 6) is 1.46. The number of benzene rings is 2. The quantitative estimate of drug-likeness (QED) is 0.688. The topological polar surface area (TPSA) is 62.9 Å². The molecule has 1 N–H and O–H groups in total. The van der Waals surface area contributed by atoms with Gasteiger partial charge < -0.3 is 14.3 Å². The second-order valence-corrected chi connectivity index (χ2v) is 6.30. The number of phenols is 1. The Morgan fingerprint density at radius 2 is 2.12 bits per heavy atom. The van der Waals surface area contributed by atoms with Crippen LogP contribution in [0.15, 0.2) is 40.8 Å². The smallest absolute Gasteiger partial charge is 0.260 e. The van der Waals surface area contributed by atoms with E-state index in [0.29, 0.717) is 35.6 Å². The zero-order valence-corrected chi connectivity index (χ0v) is 13.1. The van der Waals surface area contributed by atoms with Crippen molar-refractivity contribution in [3.05, 3.63) is 58.8 Å². The van der Waals surface area contributed by atoms with Gasteiger partial charge in [-0.05, 0) is 43.2 Å². The number of ether oxygens (including phenoxy) is 1. The Morgan fingerprint density at radius 1 is 1.25 bits per heavy atom. The largest absolute Gasteiger partial charge is 0.508 e. The monoisotopic (exact) mass is 321 g/mol. The number of carbonyl (C=O) groups excluding carboxylic acids is 1. The van der Waals surface area contributed by atoms with Crippen molar-refractivity contribution in [1.29, 1.82) is 0 Å². The Kier molecular flexibility index (Phi) is 2.55. The summed E-state index contributed by atoms with van der Waals surface area (Å²) in [7, 11) is 0. The van der Waals surface area contributed by atoms with Crippen LogP contribution in [0.5, 0.6) is 11.5 Å². The van der Waals surface area contributed by atoms with Crippen molar-refractivity contribution in [2.45, 2.75) is 19.6 Å². The lowest BCUT2D eigenvalue weighted by atomic mass is 9.99. The molecule has 2 aliphatic rings. The number of hydrogen-bond acceptors (Lipinski definition) is 4. The molecule has 1 unspecified atom stereocenters. The fourth-order valence-corrected chi connectivity index (χ4v) is 3.67. The van der Waals surface area contributed by atoms with Gasteiger partial charge in [0, 0.05) is 17.5 Å². The summed E-state index contributed by atoms with van der Waals surface area (Å²) in [4.78, 5) is 14.6. The molecular formula is C19H15NO4.